The molecule has 0 spiro atoms. The molecule has 1 aliphatic rings. The zero-order valence-electron chi connectivity index (χ0n) is 18.6. The van der Waals surface area contributed by atoms with Crippen molar-refractivity contribution in [1.29, 1.82) is 0 Å². The molecule has 1 aliphatic heterocycles. The van der Waals surface area contributed by atoms with E-state index in [0.29, 0.717) is 22.7 Å². The number of benzene rings is 3. The Bertz CT molecular complexity index is 1630. The van der Waals surface area contributed by atoms with Crippen molar-refractivity contribution in [1.82, 2.24) is 14.9 Å². The summed E-state index contributed by atoms with van der Waals surface area (Å²) in [6, 6.07) is 16.5. The zero-order chi connectivity index (χ0) is 26.1. The van der Waals surface area contributed by atoms with Gasteiger partial charge in [0.1, 0.15) is 5.75 Å². The van der Waals surface area contributed by atoms with Crippen molar-refractivity contribution >= 4 is 57.0 Å². The van der Waals surface area contributed by atoms with Gasteiger partial charge in [0.15, 0.2) is 0 Å². The monoisotopic (exact) mass is 536 g/mol. The van der Waals surface area contributed by atoms with Gasteiger partial charge >= 0.3 is 0 Å². The Morgan fingerprint density at radius 1 is 1.11 bits per heavy atom. The van der Waals surface area contributed by atoms with E-state index in [-0.39, 0.29) is 33.7 Å². The van der Waals surface area contributed by atoms with Crippen LogP contribution in [0.4, 0.5) is 14.9 Å². The van der Waals surface area contributed by atoms with E-state index < -0.39 is 27.8 Å². The van der Waals surface area contributed by atoms with Crippen LogP contribution in [0.25, 0.3) is 16.8 Å². The SMILES string of the molecule is O=C1S/C(=C/c2c(Oc3nc(Cl)ncc3F)ccc3ccccc23)C(=O)N1Cc1ccccc1[N+](=O)[O-]. The Kier molecular flexibility index (Phi) is 6.55. The molecule has 0 radical (unpaired) electrons. The van der Waals surface area contributed by atoms with Gasteiger partial charge in [0.2, 0.25) is 11.1 Å². The molecule has 4 aromatic rings. The summed E-state index contributed by atoms with van der Waals surface area (Å²) in [4.78, 5) is 45.1. The molecule has 0 bridgehead atoms. The smallest absolute Gasteiger partial charge is 0.293 e. The number of carbonyl (C=O) groups is 2. The van der Waals surface area contributed by atoms with Crippen molar-refractivity contribution in [2.75, 3.05) is 0 Å². The maximum absolute atomic E-state index is 14.3. The summed E-state index contributed by atoms with van der Waals surface area (Å²) in [6.07, 6.45) is 2.35. The molecule has 0 aliphatic carbocycles. The van der Waals surface area contributed by atoms with Gasteiger partial charge in [0, 0.05) is 17.2 Å². The topological polar surface area (TPSA) is 116 Å². The van der Waals surface area contributed by atoms with Crippen molar-refractivity contribution in [3.8, 4) is 11.6 Å². The number of aromatic nitrogens is 2. The van der Waals surface area contributed by atoms with E-state index in [0.717, 1.165) is 16.5 Å². The molecule has 2 amide bonds. The summed E-state index contributed by atoms with van der Waals surface area (Å²) in [5.74, 6) is -1.70. The lowest BCUT2D eigenvalue weighted by atomic mass is 10.0. The molecule has 5 rings (SSSR count). The molecular weight excluding hydrogens is 523 g/mol. The van der Waals surface area contributed by atoms with Crippen LogP contribution in [0.2, 0.25) is 5.28 Å². The third-order valence-corrected chi connectivity index (χ3v) is 6.58. The van der Waals surface area contributed by atoms with E-state index in [1.165, 1.54) is 24.3 Å². The third-order valence-electron chi connectivity index (χ3n) is 5.49. The first-order chi connectivity index (χ1) is 17.8. The number of carbonyl (C=O) groups excluding carboxylic acids is 2. The minimum absolute atomic E-state index is 0.0750. The maximum atomic E-state index is 14.3. The number of ether oxygens (including phenoxy) is 1. The number of nitro groups is 1. The summed E-state index contributed by atoms with van der Waals surface area (Å²) in [5.41, 5.74) is 0.436. The largest absolute Gasteiger partial charge is 0.436 e. The van der Waals surface area contributed by atoms with Crippen molar-refractivity contribution in [2.45, 2.75) is 6.54 Å². The lowest BCUT2D eigenvalue weighted by molar-refractivity contribution is -0.385. The van der Waals surface area contributed by atoms with Gasteiger partial charge in [-0.1, -0.05) is 48.5 Å². The maximum Gasteiger partial charge on any atom is 0.293 e. The van der Waals surface area contributed by atoms with Crippen molar-refractivity contribution < 1.29 is 23.6 Å². The van der Waals surface area contributed by atoms with Crippen LogP contribution in [-0.2, 0) is 11.3 Å². The fourth-order valence-corrected chi connectivity index (χ4v) is 4.73. The predicted octanol–water partition coefficient (Wildman–Crippen LogP) is 6.36. The van der Waals surface area contributed by atoms with Gasteiger partial charge in [-0.05, 0) is 46.3 Å². The minimum Gasteiger partial charge on any atom is -0.436 e. The third kappa shape index (κ3) is 4.86. The molecule has 3 aromatic carbocycles. The number of hydrogen-bond donors (Lipinski definition) is 0. The van der Waals surface area contributed by atoms with E-state index in [1.807, 2.05) is 12.1 Å². The average molecular weight is 537 g/mol. The number of fused-ring (bicyclic) bond motifs is 1. The number of rotatable bonds is 6. The van der Waals surface area contributed by atoms with Crippen molar-refractivity contribution in [3.63, 3.8) is 0 Å². The number of nitro benzene ring substituents is 1. The molecule has 0 atom stereocenters. The number of para-hydroxylation sites is 1. The van der Waals surface area contributed by atoms with Crippen LogP contribution in [0.1, 0.15) is 11.1 Å². The Morgan fingerprint density at radius 3 is 2.68 bits per heavy atom. The zero-order valence-corrected chi connectivity index (χ0v) is 20.2. The molecule has 12 heteroatoms. The lowest BCUT2D eigenvalue weighted by Gasteiger charge is -2.13. The molecule has 0 saturated carbocycles. The van der Waals surface area contributed by atoms with Gasteiger partial charge in [-0.25, -0.2) is 4.98 Å². The quantitative estimate of drug-likeness (QED) is 0.121. The molecule has 1 fully saturated rings. The average Bonchev–Trinajstić information content (AvgIpc) is 3.15. The second-order valence-corrected chi connectivity index (χ2v) is 9.08. The Morgan fingerprint density at radius 2 is 1.86 bits per heavy atom. The van der Waals surface area contributed by atoms with Crippen LogP contribution >= 0.6 is 23.4 Å². The van der Waals surface area contributed by atoms with Gasteiger partial charge in [-0.2, -0.15) is 9.37 Å². The highest BCUT2D eigenvalue weighted by atomic mass is 35.5. The molecule has 1 saturated heterocycles. The fraction of sp³-hybridized carbons (Fsp3) is 0.0400. The normalized spacial score (nSPS) is 14.5. The van der Waals surface area contributed by atoms with Crippen molar-refractivity contribution in [3.05, 3.63) is 104 Å². The number of nitrogens with zero attached hydrogens (tertiary/aromatic N) is 4. The highest BCUT2D eigenvalue weighted by molar-refractivity contribution is 8.18. The second-order valence-electron chi connectivity index (χ2n) is 7.75. The number of imide groups is 1. The summed E-state index contributed by atoms with van der Waals surface area (Å²) in [5, 5.41) is 12.1. The number of amides is 2. The molecule has 37 heavy (non-hydrogen) atoms. The minimum atomic E-state index is -0.840. The van der Waals surface area contributed by atoms with Gasteiger partial charge in [0.25, 0.3) is 22.7 Å². The highest BCUT2D eigenvalue weighted by Crippen LogP contribution is 2.39. The first-order valence-corrected chi connectivity index (χ1v) is 11.9. The van der Waals surface area contributed by atoms with Crippen LogP contribution in [0.3, 0.4) is 0 Å². The van der Waals surface area contributed by atoms with Gasteiger partial charge in [0.05, 0.1) is 22.6 Å². The lowest BCUT2D eigenvalue weighted by Crippen LogP contribution is -2.27. The standard InChI is InChI=1S/C25H14ClFN4O5S/c26-24-28-12-18(27)22(29-24)36-20-10-9-14-5-1-3-7-16(14)17(20)11-21-23(32)30(25(33)37-21)13-15-6-2-4-8-19(15)31(34)35/h1-12H,13H2/b21-11+. The predicted molar refractivity (Wildman–Crippen MR) is 136 cm³/mol. The molecule has 2 heterocycles. The summed E-state index contributed by atoms with van der Waals surface area (Å²) < 4.78 is 20.0. The van der Waals surface area contributed by atoms with E-state index in [4.69, 9.17) is 16.3 Å². The van der Waals surface area contributed by atoms with Crippen LogP contribution in [0.15, 0.2) is 71.8 Å². The Balaban J connectivity index is 1.55. The van der Waals surface area contributed by atoms with Crippen LogP contribution in [0, 0.1) is 15.9 Å². The van der Waals surface area contributed by atoms with Gasteiger partial charge in [-0.3, -0.25) is 24.6 Å². The summed E-state index contributed by atoms with van der Waals surface area (Å²) in [7, 11) is 0. The number of hydrogen-bond acceptors (Lipinski definition) is 8. The van der Waals surface area contributed by atoms with E-state index in [9.17, 15) is 24.1 Å². The van der Waals surface area contributed by atoms with Crippen LogP contribution < -0.4 is 4.74 Å². The van der Waals surface area contributed by atoms with Crippen molar-refractivity contribution in [2.24, 2.45) is 0 Å². The molecule has 0 unspecified atom stereocenters. The van der Waals surface area contributed by atoms with E-state index in [2.05, 4.69) is 9.97 Å². The molecule has 0 N–H and O–H groups in total. The second kappa shape index (κ2) is 9.96. The highest BCUT2D eigenvalue weighted by Gasteiger charge is 2.36. The summed E-state index contributed by atoms with van der Waals surface area (Å²) >= 11 is 6.48. The van der Waals surface area contributed by atoms with Crippen LogP contribution in [-0.4, -0.2) is 30.9 Å². The molecule has 184 valence electrons. The van der Waals surface area contributed by atoms with Gasteiger partial charge in [-0.15, -0.1) is 0 Å². The molecular formula is C25H14ClFN4O5S. The molecule has 1 aromatic heterocycles. The van der Waals surface area contributed by atoms with Gasteiger partial charge < -0.3 is 4.74 Å². The van der Waals surface area contributed by atoms with E-state index in [1.54, 1.807) is 30.3 Å². The first kappa shape index (κ1) is 24.3. The summed E-state index contributed by atoms with van der Waals surface area (Å²) in [6.45, 7) is -0.261. The number of thioether (sulfide) groups is 1. The van der Waals surface area contributed by atoms with E-state index >= 15 is 0 Å². The Labute approximate surface area is 217 Å². The first-order valence-electron chi connectivity index (χ1n) is 10.7. The Hall–Kier alpha value is -4.35. The number of halogens is 2. The van der Waals surface area contributed by atoms with Crippen LogP contribution in [0.5, 0.6) is 11.6 Å². The fourth-order valence-electron chi connectivity index (χ4n) is 3.78. The molecule has 9 nitrogen and oxygen atoms in total.